The summed E-state index contributed by atoms with van der Waals surface area (Å²) in [5.74, 6) is 0. The van der Waals surface area contributed by atoms with E-state index in [4.69, 9.17) is 39.4 Å². The smallest absolute Gasteiger partial charge is 0.268 e. The molecule has 0 radical (unpaired) electrons. The normalized spacial score (nSPS) is 12.5. The molecule has 90 valence electrons. The third-order valence-electron chi connectivity index (χ3n) is 1.36. The van der Waals surface area contributed by atoms with E-state index < -0.39 is 13.4 Å². The molecule has 0 saturated heterocycles. The molecule has 1 aromatic rings. The highest BCUT2D eigenvalue weighted by Gasteiger charge is 2.32. The van der Waals surface area contributed by atoms with Crippen LogP contribution in [0.15, 0.2) is 30.3 Å². The number of para-hydroxylation sites is 1. The predicted molar refractivity (Wildman–Crippen MR) is 68.4 cm³/mol. The molecule has 16 heavy (non-hydrogen) atoms. The SMILES string of the molecule is O=S(=O)(O)N(SC(Cl)(Cl)Cl)c1ccccc1. The van der Waals surface area contributed by atoms with Gasteiger partial charge in [0.1, 0.15) is 0 Å². The number of nitrogens with zero attached hydrogens (tertiary/aromatic N) is 1. The summed E-state index contributed by atoms with van der Waals surface area (Å²) in [6.07, 6.45) is 0. The fraction of sp³-hybridized carbons (Fsp3) is 0.143. The average molecular weight is 323 g/mol. The number of hydrogen-bond donors (Lipinski definition) is 1. The van der Waals surface area contributed by atoms with Crippen LogP contribution in [0.5, 0.6) is 0 Å². The third-order valence-corrected chi connectivity index (χ3v) is 3.99. The summed E-state index contributed by atoms with van der Waals surface area (Å²) in [4.78, 5) is 0. The zero-order valence-corrected chi connectivity index (χ0v) is 11.4. The van der Waals surface area contributed by atoms with Crippen LogP contribution in [0.1, 0.15) is 0 Å². The van der Waals surface area contributed by atoms with E-state index in [-0.39, 0.29) is 5.69 Å². The summed E-state index contributed by atoms with van der Waals surface area (Å²) in [7, 11) is -4.51. The maximum atomic E-state index is 11.1. The molecule has 0 aliphatic rings. The molecule has 1 N–H and O–H groups in total. The van der Waals surface area contributed by atoms with Gasteiger partial charge in [-0.15, -0.1) is 0 Å². The minimum absolute atomic E-state index is 0.182. The van der Waals surface area contributed by atoms with Crippen molar-refractivity contribution in [2.24, 2.45) is 0 Å². The van der Waals surface area contributed by atoms with Gasteiger partial charge >= 0.3 is 10.3 Å². The summed E-state index contributed by atoms with van der Waals surface area (Å²) in [6.45, 7) is 0. The van der Waals surface area contributed by atoms with E-state index in [0.717, 1.165) is 0 Å². The van der Waals surface area contributed by atoms with Gasteiger partial charge in [-0.05, 0) is 12.1 Å². The molecule has 0 bridgehead atoms. The second kappa shape index (κ2) is 5.20. The van der Waals surface area contributed by atoms with Crippen LogP contribution in [0.3, 0.4) is 0 Å². The van der Waals surface area contributed by atoms with Crippen LogP contribution >= 0.6 is 46.8 Å². The summed E-state index contributed by atoms with van der Waals surface area (Å²) in [5, 5.41) is 0. The monoisotopic (exact) mass is 321 g/mol. The molecule has 0 fully saturated rings. The van der Waals surface area contributed by atoms with Crippen LogP contribution in [0.2, 0.25) is 0 Å². The van der Waals surface area contributed by atoms with Crippen LogP contribution < -0.4 is 3.71 Å². The Kier molecular flexibility index (Phi) is 4.62. The maximum Gasteiger partial charge on any atom is 0.369 e. The van der Waals surface area contributed by atoms with Crippen molar-refractivity contribution in [1.82, 2.24) is 0 Å². The Morgan fingerprint density at radius 2 is 1.69 bits per heavy atom. The van der Waals surface area contributed by atoms with Crippen LogP contribution in [-0.2, 0) is 10.3 Å². The highest BCUT2D eigenvalue weighted by Crippen LogP contribution is 2.43. The molecular formula is C7H6Cl3NO3S2. The minimum atomic E-state index is -4.51. The first-order chi connectivity index (χ1) is 7.20. The van der Waals surface area contributed by atoms with Crippen molar-refractivity contribution in [3.8, 4) is 0 Å². The number of halogens is 3. The predicted octanol–water partition coefficient (Wildman–Crippen LogP) is 3.27. The van der Waals surface area contributed by atoms with Crippen molar-refractivity contribution >= 4 is 62.7 Å². The fourth-order valence-corrected chi connectivity index (χ4v) is 3.38. The summed E-state index contributed by atoms with van der Waals surface area (Å²) >= 11 is 16.7. The maximum absolute atomic E-state index is 11.1. The second-order valence-electron chi connectivity index (χ2n) is 2.58. The van der Waals surface area contributed by atoms with Gasteiger partial charge in [0.05, 0.1) is 5.69 Å². The Morgan fingerprint density at radius 3 is 2.06 bits per heavy atom. The van der Waals surface area contributed by atoms with Crippen LogP contribution in [0, 0.1) is 0 Å². The number of alkyl halides is 3. The lowest BCUT2D eigenvalue weighted by molar-refractivity contribution is 0.486. The number of benzene rings is 1. The molecule has 0 saturated carbocycles. The van der Waals surface area contributed by atoms with Crippen LogP contribution in [0.25, 0.3) is 0 Å². The first kappa shape index (κ1) is 14.2. The zero-order valence-electron chi connectivity index (χ0n) is 7.55. The van der Waals surface area contributed by atoms with Crippen LogP contribution in [-0.4, -0.2) is 16.1 Å². The highest BCUT2D eigenvalue weighted by molar-refractivity contribution is 8.16. The first-order valence-electron chi connectivity index (χ1n) is 3.79. The molecule has 9 heteroatoms. The van der Waals surface area contributed by atoms with Gasteiger partial charge < -0.3 is 0 Å². The van der Waals surface area contributed by atoms with E-state index in [1.54, 1.807) is 18.2 Å². The molecule has 4 nitrogen and oxygen atoms in total. The minimum Gasteiger partial charge on any atom is -0.268 e. The van der Waals surface area contributed by atoms with Gasteiger partial charge in [-0.2, -0.15) is 12.1 Å². The lowest BCUT2D eigenvalue weighted by atomic mass is 10.3. The lowest BCUT2D eigenvalue weighted by Gasteiger charge is -2.22. The summed E-state index contributed by atoms with van der Waals surface area (Å²) in [5.41, 5.74) is 0.182. The molecule has 0 spiro atoms. The fourth-order valence-electron chi connectivity index (χ4n) is 0.877. The van der Waals surface area contributed by atoms with Gasteiger partial charge in [-0.3, -0.25) is 4.55 Å². The van der Waals surface area contributed by atoms with E-state index in [1.165, 1.54) is 12.1 Å². The molecule has 0 heterocycles. The number of rotatable bonds is 3. The Balaban J connectivity index is 3.09. The van der Waals surface area contributed by atoms with Gasteiger partial charge in [0.15, 0.2) is 0 Å². The largest absolute Gasteiger partial charge is 0.369 e. The Hall–Kier alpha value is 0.150. The van der Waals surface area contributed by atoms with Crippen LogP contribution in [0.4, 0.5) is 5.69 Å². The van der Waals surface area contributed by atoms with Gasteiger partial charge in [0, 0.05) is 11.9 Å². The van der Waals surface area contributed by atoms with E-state index in [2.05, 4.69) is 0 Å². The van der Waals surface area contributed by atoms with E-state index >= 15 is 0 Å². The van der Waals surface area contributed by atoms with Crippen molar-refractivity contribution in [1.29, 1.82) is 0 Å². The van der Waals surface area contributed by atoms with Crippen molar-refractivity contribution in [3.63, 3.8) is 0 Å². The number of hydrogen-bond acceptors (Lipinski definition) is 3. The molecule has 1 aromatic carbocycles. The Bertz CT molecular complexity index is 446. The van der Waals surface area contributed by atoms with Crippen molar-refractivity contribution < 1.29 is 13.0 Å². The number of anilines is 1. The Labute approximate surface area is 112 Å². The quantitative estimate of drug-likeness (QED) is 0.527. The van der Waals surface area contributed by atoms with Crippen molar-refractivity contribution in [3.05, 3.63) is 30.3 Å². The average Bonchev–Trinajstić information content (AvgIpc) is 2.13. The van der Waals surface area contributed by atoms with E-state index in [0.29, 0.717) is 15.7 Å². The van der Waals surface area contributed by atoms with Crippen molar-refractivity contribution in [2.75, 3.05) is 3.71 Å². The molecule has 0 aliphatic carbocycles. The van der Waals surface area contributed by atoms with Gasteiger partial charge in [-0.25, -0.2) is 0 Å². The summed E-state index contributed by atoms with van der Waals surface area (Å²) < 4.78 is 29.8. The molecule has 0 aliphatic heterocycles. The summed E-state index contributed by atoms with van der Waals surface area (Å²) in [6, 6.07) is 7.78. The first-order valence-corrected chi connectivity index (χ1v) is 7.09. The second-order valence-corrected chi connectivity index (χ2v) is 8.18. The Morgan fingerprint density at radius 1 is 1.19 bits per heavy atom. The van der Waals surface area contributed by atoms with Gasteiger partial charge in [0.25, 0.3) is 3.12 Å². The zero-order chi connectivity index (χ0) is 12.4. The van der Waals surface area contributed by atoms with E-state index in [1.807, 2.05) is 0 Å². The molecule has 0 aromatic heterocycles. The highest BCUT2D eigenvalue weighted by atomic mass is 35.6. The molecule has 0 unspecified atom stereocenters. The molecule has 0 amide bonds. The molecular weight excluding hydrogens is 317 g/mol. The topological polar surface area (TPSA) is 57.6 Å². The van der Waals surface area contributed by atoms with Gasteiger partial charge in [-0.1, -0.05) is 53.0 Å². The van der Waals surface area contributed by atoms with Gasteiger partial charge in [0.2, 0.25) is 0 Å². The van der Waals surface area contributed by atoms with Crippen molar-refractivity contribution in [2.45, 2.75) is 3.12 Å². The standard InChI is InChI=1S/C7H6Cl3NO3S2/c8-7(9,10)15-11(16(12,13)14)6-4-2-1-3-5-6/h1-5H,(H,12,13,14). The van der Waals surface area contributed by atoms with E-state index in [9.17, 15) is 8.42 Å². The third kappa shape index (κ3) is 4.57. The molecule has 1 rings (SSSR count). The molecule has 0 atom stereocenters. The lowest BCUT2D eigenvalue weighted by Crippen LogP contribution is -2.26.